The molecule has 1 aliphatic rings. The number of aryl methyl sites for hydroxylation is 1. The van der Waals surface area contributed by atoms with E-state index in [9.17, 15) is 9.59 Å². The van der Waals surface area contributed by atoms with Crippen molar-refractivity contribution in [3.63, 3.8) is 0 Å². The van der Waals surface area contributed by atoms with Crippen LogP contribution in [0.1, 0.15) is 6.42 Å². The summed E-state index contributed by atoms with van der Waals surface area (Å²) in [5, 5.41) is 10.2. The molecule has 0 unspecified atom stereocenters. The molecule has 3 amide bonds. The Morgan fingerprint density at radius 1 is 1.30 bits per heavy atom. The van der Waals surface area contributed by atoms with Gasteiger partial charge in [0.05, 0.1) is 6.20 Å². The topological polar surface area (TPSA) is 80.1 Å². The number of nitrogens with zero attached hydrogens (tertiary/aromatic N) is 4. The van der Waals surface area contributed by atoms with Crippen molar-refractivity contribution in [1.29, 1.82) is 0 Å². The molecule has 0 bridgehead atoms. The Balaban J connectivity index is 1.91. The Kier molecular flexibility index (Phi) is 2.94. The van der Waals surface area contributed by atoms with Gasteiger partial charge in [0.25, 0.3) is 0 Å². The second-order valence-corrected chi connectivity index (χ2v) is 4.58. The molecule has 0 radical (unpaired) electrons. The SMILES string of the molecule is Cn1cc(-c2cccc(N3CCC(=O)NC3=O)c2)nn1. The van der Waals surface area contributed by atoms with Crippen molar-refractivity contribution in [3.8, 4) is 11.3 Å². The molecule has 3 rings (SSSR count). The van der Waals surface area contributed by atoms with E-state index in [4.69, 9.17) is 0 Å². The standard InChI is InChI=1S/C13H13N5O2/c1-17-8-11(15-16-17)9-3-2-4-10(7-9)18-6-5-12(19)14-13(18)20/h2-4,7-8H,5-6H2,1H3,(H,14,19,20). The maximum absolute atomic E-state index is 11.8. The van der Waals surface area contributed by atoms with Gasteiger partial charge in [-0.15, -0.1) is 5.10 Å². The molecule has 0 spiro atoms. The third-order valence-electron chi connectivity index (χ3n) is 3.11. The Morgan fingerprint density at radius 2 is 2.15 bits per heavy atom. The lowest BCUT2D eigenvalue weighted by atomic mass is 10.1. The van der Waals surface area contributed by atoms with Gasteiger partial charge in [0, 0.05) is 31.3 Å². The summed E-state index contributed by atoms with van der Waals surface area (Å²) in [5.74, 6) is -0.240. The van der Waals surface area contributed by atoms with Crippen LogP contribution in [0.4, 0.5) is 10.5 Å². The molecule has 1 fully saturated rings. The van der Waals surface area contributed by atoms with E-state index >= 15 is 0 Å². The average Bonchev–Trinajstić information content (AvgIpc) is 2.86. The summed E-state index contributed by atoms with van der Waals surface area (Å²) in [7, 11) is 1.80. The normalized spacial score (nSPS) is 15.3. The van der Waals surface area contributed by atoms with E-state index in [1.807, 2.05) is 24.3 Å². The van der Waals surface area contributed by atoms with E-state index in [1.54, 1.807) is 22.8 Å². The monoisotopic (exact) mass is 271 g/mol. The summed E-state index contributed by atoms with van der Waals surface area (Å²) in [4.78, 5) is 24.5. The van der Waals surface area contributed by atoms with Gasteiger partial charge in [-0.1, -0.05) is 17.3 Å². The van der Waals surface area contributed by atoms with Crippen molar-refractivity contribution in [2.24, 2.45) is 7.05 Å². The van der Waals surface area contributed by atoms with Crippen molar-refractivity contribution >= 4 is 17.6 Å². The molecule has 1 aromatic carbocycles. The predicted molar refractivity (Wildman–Crippen MR) is 71.9 cm³/mol. The molecule has 1 aromatic heterocycles. The van der Waals surface area contributed by atoms with Crippen LogP contribution < -0.4 is 10.2 Å². The fourth-order valence-electron chi connectivity index (χ4n) is 2.12. The van der Waals surface area contributed by atoms with Gasteiger partial charge in [-0.3, -0.25) is 19.7 Å². The minimum Gasteiger partial charge on any atom is -0.294 e. The maximum Gasteiger partial charge on any atom is 0.328 e. The van der Waals surface area contributed by atoms with Crippen LogP contribution in [0.2, 0.25) is 0 Å². The molecule has 0 atom stereocenters. The summed E-state index contributed by atoms with van der Waals surface area (Å²) >= 11 is 0. The summed E-state index contributed by atoms with van der Waals surface area (Å²) < 4.78 is 1.62. The van der Waals surface area contributed by atoms with Crippen molar-refractivity contribution in [2.75, 3.05) is 11.4 Å². The second-order valence-electron chi connectivity index (χ2n) is 4.58. The quantitative estimate of drug-likeness (QED) is 0.881. The summed E-state index contributed by atoms with van der Waals surface area (Å²) in [6.45, 7) is 0.384. The van der Waals surface area contributed by atoms with E-state index < -0.39 is 6.03 Å². The van der Waals surface area contributed by atoms with Crippen LogP contribution in [-0.4, -0.2) is 33.5 Å². The highest BCUT2D eigenvalue weighted by Gasteiger charge is 2.24. The van der Waals surface area contributed by atoms with Gasteiger partial charge in [0.15, 0.2) is 0 Å². The van der Waals surface area contributed by atoms with E-state index in [0.717, 1.165) is 16.9 Å². The van der Waals surface area contributed by atoms with Gasteiger partial charge >= 0.3 is 6.03 Å². The average molecular weight is 271 g/mol. The van der Waals surface area contributed by atoms with Gasteiger partial charge in [0.2, 0.25) is 5.91 Å². The number of aromatic nitrogens is 3. The number of hydrogen-bond donors (Lipinski definition) is 1. The zero-order chi connectivity index (χ0) is 14.1. The Labute approximate surface area is 115 Å². The highest BCUT2D eigenvalue weighted by molar-refractivity contribution is 6.05. The van der Waals surface area contributed by atoms with E-state index in [1.165, 1.54) is 0 Å². The first-order chi connectivity index (χ1) is 9.63. The van der Waals surface area contributed by atoms with Crippen LogP contribution in [0.3, 0.4) is 0 Å². The molecule has 1 N–H and O–H groups in total. The summed E-state index contributed by atoms with van der Waals surface area (Å²) in [6.07, 6.45) is 2.11. The highest BCUT2D eigenvalue weighted by atomic mass is 16.2. The van der Waals surface area contributed by atoms with Crippen LogP contribution in [0, 0.1) is 0 Å². The van der Waals surface area contributed by atoms with E-state index in [-0.39, 0.29) is 5.91 Å². The number of anilines is 1. The lowest BCUT2D eigenvalue weighted by molar-refractivity contribution is -0.120. The molecule has 7 heteroatoms. The van der Waals surface area contributed by atoms with Crippen molar-refractivity contribution < 1.29 is 9.59 Å². The zero-order valence-corrected chi connectivity index (χ0v) is 10.9. The molecule has 0 aliphatic carbocycles. The number of urea groups is 1. The highest BCUT2D eigenvalue weighted by Crippen LogP contribution is 2.24. The summed E-state index contributed by atoms with van der Waals surface area (Å²) in [6, 6.07) is 7.05. The lowest BCUT2D eigenvalue weighted by Crippen LogP contribution is -2.49. The minimum atomic E-state index is -0.391. The molecular weight excluding hydrogens is 258 g/mol. The van der Waals surface area contributed by atoms with Crippen molar-refractivity contribution in [1.82, 2.24) is 20.3 Å². The summed E-state index contributed by atoms with van der Waals surface area (Å²) in [5.41, 5.74) is 2.35. The number of imide groups is 1. The first-order valence-corrected chi connectivity index (χ1v) is 6.21. The molecule has 0 saturated carbocycles. The maximum atomic E-state index is 11.8. The number of rotatable bonds is 2. The molecule has 2 heterocycles. The lowest BCUT2D eigenvalue weighted by Gasteiger charge is -2.26. The molecular formula is C13H13N5O2. The molecule has 2 aromatic rings. The van der Waals surface area contributed by atoms with E-state index in [2.05, 4.69) is 15.6 Å². The van der Waals surface area contributed by atoms with Gasteiger partial charge in [0.1, 0.15) is 5.69 Å². The Bertz CT molecular complexity index is 679. The van der Waals surface area contributed by atoms with E-state index in [0.29, 0.717) is 13.0 Å². The van der Waals surface area contributed by atoms with Gasteiger partial charge in [-0.25, -0.2) is 4.79 Å². The number of nitrogens with one attached hydrogen (secondary N) is 1. The van der Waals surface area contributed by atoms with Crippen LogP contribution >= 0.6 is 0 Å². The number of carbonyl (C=O) groups is 2. The first kappa shape index (κ1) is 12.3. The molecule has 102 valence electrons. The number of benzene rings is 1. The smallest absolute Gasteiger partial charge is 0.294 e. The van der Waals surface area contributed by atoms with Crippen molar-refractivity contribution in [2.45, 2.75) is 6.42 Å². The zero-order valence-electron chi connectivity index (χ0n) is 10.9. The molecule has 1 aliphatic heterocycles. The number of amides is 3. The fraction of sp³-hybridized carbons (Fsp3) is 0.231. The van der Waals surface area contributed by atoms with Crippen LogP contribution in [-0.2, 0) is 11.8 Å². The largest absolute Gasteiger partial charge is 0.328 e. The molecule has 7 nitrogen and oxygen atoms in total. The first-order valence-electron chi connectivity index (χ1n) is 6.21. The van der Waals surface area contributed by atoms with Crippen LogP contribution in [0.5, 0.6) is 0 Å². The number of hydrogen-bond acceptors (Lipinski definition) is 4. The minimum absolute atomic E-state index is 0.240. The Morgan fingerprint density at radius 3 is 2.85 bits per heavy atom. The van der Waals surface area contributed by atoms with Crippen LogP contribution in [0.15, 0.2) is 30.5 Å². The Hall–Kier alpha value is -2.70. The third-order valence-corrected chi connectivity index (χ3v) is 3.11. The van der Waals surface area contributed by atoms with Gasteiger partial charge in [-0.05, 0) is 12.1 Å². The van der Waals surface area contributed by atoms with Crippen LogP contribution in [0.25, 0.3) is 11.3 Å². The second kappa shape index (κ2) is 4.76. The third kappa shape index (κ3) is 2.25. The molecule has 20 heavy (non-hydrogen) atoms. The van der Waals surface area contributed by atoms with Crippen molar-refractivity contribution in [3.05, 3.63) is 30.5 Å². The number of carbonyl (C=O) groups excluding carboxylic acids is 2. The predicted octanol–water partition coefficient (Wildman–Crippen LogP) is 0.928. The fourth-order valence-corrected chi connectivity index (χ4v) is 2.12. The van der Waals surface area contributed by atoms with Gasteiger partial charge < -0.3 is 0 Å². The van der Waals surface area contributed by atoms with Gasteiger partial charge in [-0.2, -0.15) is 0 Å². The molecule has 1 saturated heterocycles.